The Hall–Kier alpha value is -4.46. The number of nitrogens with one attached hydrogen (secondary N) is 2. The zero-order valence-corrected chi connectivity index (χ0v) is 21.7. The number of hydrogen-bond acceptors (Lipinski definition) is 5. The van der Waals surface area contributed by atoms with E-state index in [9.17, 15) is 9.59 Å². The maximum atomic E-state index is 12.5. The summed E-state index contributed by atoms with van der Waals surface area (Å²) in [6.45, 7) is 1.93. The number of fused-ring (bicyclic) bond motifs is 1. The number of anilines is 1. The van der Waals surface area contributed by atoms with Gasteiger partial charge in [0.25, 0.3) is 0 Å². The van der Waals surface area contributed by atoms with Gasteiger partial charge < -0.3 is 14.2 Å². The molecule has 0 unspecified atom stereocenters. The summed E-state index contributed by atoms with van der Waals surface area (Å²) in [6.07, 6.45) is 2.88. The molecule has 0 aliphatic heterocycles. The summed E-state index contributed by atoms with van der Waals surface area (Å²) in [5.41, 5.74) is 3.61. The lowest BCUT2D eigenvalue weighted by atomic mass is 10.1. The number of rotatable bonds is 5. The Balaban J connectivity index is 1.23. The molecular formula is C30H21ClN2O4S. The summed E-state index contributed by atoms with van der Waals surface area (Å²) in [6, 6.07) is 25.5. The zero-order chi connectivity index (χ0) is 26.6. The fourth-order valence-electron chi connectivity index (χ4n) is 3.85. The Morgan fingerprint density at radius 1 is 0.921 bits per heavy atom. The van der Waals surface area contributed by atoms with Crippen molar-refractivity contribution in [3.8, 4) is 22.5 Å². The molecule has 0 fully saturated rings. The average molecular weight is 541 g/mol. The van der Waals surface area contributed by atoms with E-state index in [1.165, 1.54) is 6.08 Å². The lowest BCUT2D eigenvalue weighted by molar-refractivity contribution is -0.115. The normalized spacial score (nSPS) is 11.1. The highest BCUT2D eigenvalue weighted by molar-refractivity contribution is 7.80. The van der Waals surface area contributed by atoms with E-state index < -0.39 is 11.5 Å². The summed E-state index contributed by atoms with van der Waals surface area (Å²) >= 11 is 11.5. The maximum Gasteiger partial charge on any atom is 0.344 e. The Morgan fingerprint density at radius 2 is 1.76 bits per heavy atom. The molecule has 0 aliphatic carbocycles. The molecule has 6 nitrogen and oxygen atoms in total. The highest BCUT2D eigenvalue weighted by Crippen LogP contribution is 2.27. The lowest BCUT2D eigenvalue weighted by Gasteiger charge is -2.10. The van der Waals surface area contributed by atoms with E-state index in [4.69, 9.17) is 32.7 Å². The molecular weight excluding hydrogens is 520 g/mol. The molecule has 1 amide bonds. The second kappa shape index (κ2) is 10.9. The van der Waals surface area contributed by atoms with Gasteiger partial charge in [-0.15, -0.1) is 0 Å². The first-order valence-corrected chi connectivity index (χ1v) is 12.4. The standard InChI is InChI=1S/C30H21ClN2O4S/c1-18-9-10-21(17-25(18)31)27-13-11-23(36-27)12-14-28(34)33-30(38)32-22-7-4-6-19(15-22)24-16-20-5-2-3-8-26(20)37-29(24)35/h2-17H,1H3,(H2,32,33,34,38)/b14-12+. The molecule has 5 rings (SSSR count). The first-order valence-electron chi connectivity index (χ1n) is 11.7. The van der Waals surface area contributed by atoms with Gasteiger partial charge in [-0.2, -0.15) is 0 Å². The molecule has 0 bridgehead atoms. The van der Waals surface area contributed by atoms with Crippen LogP contribution in [0, 0.1) is 6.92 Å². The third kappa shape index (κ3) is 5.75. The topological polar surface area (TPSA) is 84.5 Å². The van der Waals surface area contributed by atoms with Gasteiger partial charge in [0.05, 0.1) is 5.56 Å². The maximum absolute atomic E-state index is 12.5. The second-order valence-corrected chi connectivity index (χ2v) is 9.32. The van der Waals surface area contributed by atoms with Crippen molar-refractivity contribution >= 4 is 57.6 Å². The van der Waals surface area contributed by atoms with Crippen molar-refractivity contribution in [3.63, 3.8) is 0 Å². The van der Waals surface area contributed by atoms with Crippen LogP contribution in [0.15, 0.2) is 105 Å². The predicted molar refractivity (Wildman–Crippen MR) is 155 cm³/mol. The number of furan rings is 1. The molecule has 0 radical (unpaired) electrons. The Labute approximate surface area is 228 Å². The molecule has 38 heavy (non-hydrogen) atoms. The van der Waals surface area contributed by atoms with E-state index >= 15 is 0 Å². The van der Waals surface area contributed by atoms with Crippen LogP contribution in [0.25, 0.3) is 39.5 Å². The molecule has 0 saturated carbocycles. The monoisotopic (exact) mass is 540 g/mol. The fourth-order valence-corrected chi connectivity index (χ4v) is 4.24. The van der Waals surface area contributed by atoms with Crippen LogP contribution in [0.1, 0.15) is 11.3 Å². The predicted octanol–water partition coefficient (Wildman–Crippen LogP) is 7.21. The van der Waals surface area contributed by atoms with Crippen LogP contribution >= 0.6 is 23.8 Å². The van der Waals surface area contributed by atoms with Gasteiger partial charge in [-0.3, -0.25) is 10.1 Å². The van der Waals surface area contributed by atoms with Crippen molar-refractivity contribution in [1.29, 1.82) is 0 Å². The van der Waals surface area contributed by atoms with Crippen molar-refractivity contribution in [1.82, 2.24) is 5.32 Å². The minimum Gasteiger partial charge on any atom is -0.457 e. The van der Waals surface area contributed by atoms with Crippen LogP contribution in [0.4, 0.5) is 5.69 Å². The zero-order valence-electron chi connectivity index (χ0n) is 20.2. The van der Waals surface area contributed by atoms with Crippen molar-refractivity contribution in [2.24, 2.45) is 0 Å². The molecule has 5 aromatic rings. The summed E-state index contributed by atoms with van der Waals surface area (Å²) in [4.78, 5) is 24.9. The molecule has 2 heterocycles. The number of aryl methyl sites for hydroxylation is 1. The Bertz CT molecular complexity index is 1770. The number of benzene rings is 3. The number of thiocarbonyl (C=S) groups is 1. The van der Waals surface area contributed by atoms with Gasteiger partial charge in [0.15, 0.2) is 5.11 Å². The Morgan fingerprint density at radius 3 is 2.61 bits per heavy atom. The van der Waals surface area contributed by atoms with Gasteiger partial charge >= 0.3 is 5.63 Å². The number of amides is 1. The largest absolute Gasteiger partial charge is 0.457 e. The minimum atomic E-state index is -0.437. The van der Waals surface area contributed by atoms with Crippen LogP contribution in [-0.4, -0.2) is 11.0 Å². The van der Waals surface area contributed by atoms with Crippen LogP contribution in [0.3, 0.4) is 0 Å². The Kier molecular flexibility index (Phi) is 7.22. The summed E-state index contributed by atoms with van der Waals surface area (Å²) in [7, 11) is 0. The molecule has 3 aromatic carbocycles. The van der Waals surface area contributed by atoms with Gasteiger partial charge in [0, 0.05) is 27.7 Å². The van der Waals surface area contributed by atoms with E-state index in [0.717, 1.165) is 16.5 Å². The first kappa shape index (κ1) is 25.2. The molecule has 0 aliphatic rings. The van der Waals surface area contributed by atoms with E-state index in [1.807, 2.05) is 49.4 Å². The molecule has 2 aromatic heterocycles. The highest BCUT2D eigenvalue weighted by atomic mass is 35.5. The molecule has 0 spiro atoms. The van der Waals surface area contributed by atoms with Gasteiger partial charge in [-0.05, 0) is 78.8 Å². The number of hydrogen-bond donors (Lipinski definition) is 2. The van der Waals surface area contributed by atoms with E-state index in [0.29, 0.717) is 38.9 Å². The number of halogens is 1. The molecule has 0 saturated heterocycles. The third-order valence-electron chi connectivity index (χ3n) is 5.79. The van der Waals surface area contributed by atoms with Crippen molar-refractivity contribution in [3.05, 3.63) is 118 Å². The lowest BCUT2D eigenvalue weighted by Crippen LogP contribution is -2.32. The average Bonchev–Trinajstić information content (AvgIpc) is 3.38. The molecule has 188 valence electrons. The van der Waals surface area contributed by atoms with Crippen LogP contribution in [0.5, 0.6) is 0 Å². The first-order chi connectivity index (χ1) is 18.4. The van der Waals surface area contributed by atoms with Gasteiger partial charge in [0.1, 0.15) is 17.1 Å². The second-order valence-electron chi connectivity index (χ2n) is 8.51. The summed E-state index contributed by atoms with van der Waals surface area (Å²) in [5, 5.41) is 7.16. The third-order valence-corrected chi connectivity index (χ3v) is 6.40. The van der Waals surface area contributed by atoms with Crippen molar-refractivity contribution in [2.45, 2.75) is 6.92 Å². The quantitative estimate of drug-likeness (QED) is 0.139. The SMILES string of the molecule is Cc1ccc(-c2ccc(/C=C/C(=O)NC(=S)Nc3cccc(-c4cc5ccccc5oc4=O)c3)o2)cc1Cl. The summed E-state index contributed by atoms with van der Waals surface area (Å²) in [5.74, 6) is 0.724. The van der Waals surface area contributed by atoms with Gasteiger partial charge in [-0.1, -0.05) is 54.1 Å². The number of carbonyl (C=O) groups excluding carboxylic acids is 1. The highest BCUT2D eigenvalue weighted by Gasteiger charge is 2.10. The van der Waals surface area contributed by atoms with E-state index in [2.05, 4.69) is 10.6 Å². The van der Waals surface area contributed by atoms with Gasteiger partial charge in [0.2, 0.25) is 5.91 Å². The molecule has 8 heteroatoms. The van der Waals surface area contributed by atoms with Crippen LogP contribution < -0.4 is 16.3 Å². The van der Waals surface area contributed by atoms with E-state index in [1.54, 1.807) is 48.5 Å². The van der Waals surface area contributed by atoms with Crippen LogP contribution in [0.2, 0.25) is 5.02 Å². The number of para-hydroxylation sites is 1. The van der Waals surface area contributed by atoms with Crippen molar-refractivity contribution < 1.29 is 13.6 Å². The summed E-state index contributed by atoms with van der Waals surface area (Å²) < 4.78 is 11.2. The fraction of sp³-hybridized carbons (Fsp3) is 0.0333. The van der Waals surface area contributed by atoms with E-state index in [-0.39, 0.29) is 5.11 Å². The minimum absolute atomic E-state index is 0.108. The molecule has 2 N–H and O–H groups in total. The van der Waals surface area contributed by atoms with Crippen LogP contribution in [-0.2, 0) is 4.79 Å². The van der Waals surface area contributed by atoms with Gasteiger partial charge in [-0.25, -0.2) is 4.79 Å². The number of carbonyl (C=O) groups is 1. The molecule has 0 atom stereocenters. The van der Waals surface area contributed by atoms with Crippen molar-refractivity contribution in [2.75, 3.05) is 5.32 Å². The smallest absolute Gasteiger partial charge is 0.344 e.